The van der Waals surface area contributed by atoms with Gasteiger partial charge in [0.25, 0.3) is 0 Å². The molecule has 43 nitrogen and oxygen atoms in total. The first-order valence-corrected chi connectivity index (χ1v) is 34.2. The standard InChI is InChI=1S/C23H40O20S3.C20H32O21S2.C2H7NS.CN.B.Na/c1-9-13(24)17(36-2)11(7-37-45(30,31)32)40-22(9)42-19-15(26)16(27)23(43-20(19)21(28)29)41-18-12(8-38-46(33,34)35)39-10(14(18)25)5-3-4-6-44;1-6-10(22)14(34-2)8(4-35-42(28,29)30)38-19(6)40-16-12(24)13(25)20(41-17(16)18(26)27)39-15-9(5-36-43(31,32)33)37-7(3-21)11(15)23;3-1-2-4;1-2;;/h9-20,22-27,44H,3-8H2,1-2H3,(H,28,29)(H,30,31,32)(H,33,34,35);3,6-17,19-20,22-25H,4-5H2,1-2H3,(H,26,27)(H,28,29,30)(H,31,32,33);4H,1-3H2;;;/q;;;-1;;+1/p-6/t9?,10-,11?,12+,13+,14+,15+,16?,17+,18?,19-,20?,22-,23+;6?,7-,8?,9+,10+,11-,12+,13?,14+,15?,16-,17?,19-,20+;;;;/m00..../s1. The predicted molar refractivity (Wildman–Crippen MR) is 299 cm³/mol. The number of aliphatic hydroxyl groups excluding tert-OH is 8. The van der Waals surface area contributed by atoms with Gasteiger partial charge in [-0.2, -0.15) is 25.3 Å². The Morgan fingerprint density at radius 1 is 0.485 bits per heavy atom. The van der Waals surface area contributed by atoms with Crippen LogP contribution in [0.5, 0.6) is 0 Å². The average molecular weight is 1540 g/mol. The van der Waals surface area contributed by atoms with Crippen molar-refractivity contribution in [2.24, 2.45) is 17.6 Å². The van der Waals surface area contributed by atoms with E-state index >= 15 is 0 Å². The first-order chi connectivity index (χ1) is 44.2. The van der Waals surface area contributed by atoms with Crippen molar-refractivity contribution in [1.82, 2.24) is 0 Å². The molecule has 0 saturated carbocycles. The Kier molecular flexibility index (Phi) is 40.9. The van der Waals surface area contributed by atoms with Crippen LogP contribution in [0.25, 0.3) is 0 Å². The first-order valence-electron chi connectivity index (χ1n) is 27.6. The summed E-state index contributed by atoms with van der Waals surface area (Å²) in [6, 6.07) is 0. The van der Waals surface area contributed by atoms with E-state index in [-0.39, 0.29) is 50.7 Å². The molecule has 0 aromatic heterocycles. The number of carboxylic acid groups (broad SMARTS) is 2. The minimum Gasteiger partial charge on any atom is -0.726 e. The van der Waals surface area contributed by atoms with Crippen molar-refractivity contribution in [3.8, 4) is 0 Å². The van der Waals surface area contributed by atoms with E-state index in [0.29, 0.717) is 25.1 Å². The molecule has 6 aliphatic rings. The maximum absolute atomic E-state index is 12.1. The molecule has 0 aliphatic carbocycles. The van der Waals surface area contributed by atoms with E-state index in [2.05, 4.69) is 42.0 Å². The zero-order valence-electron chi connectivity index (χ0n) is 51.5. The molecule has 6 fully saturated rings. The number of thiol groups is 2. The number of aliphatic hydroxyl groups is 8. The van der Waals surface area contributed by atoms with Gasteiger partial charge in [-0.15, -0.1) is 0 Å². The number of carboxylic acids is 2. The minimum atomic E-state index is -5.27. The van der Waals surface area contributed by atoms with E-state index in [9.17, 15) is 117 Å². The maximum atomic E-state index is 12.1. The molecule has 6 heterocycles. The molecule has 10 N–H and O–H groups in total. The quantitative estimate of drug-likeness (QED) is 0.00605. The van der Waals surface area contributed by atoms with E-state index in [4.69, 9.17) is 74.4 Å². The predicted octanol–water partition coefficient (Wildman–Crippen LogP) is -15.6. The molecule has 6 saturated heterocycles. The van der Waals surface area contributed by atoms with Crippen LogP contribution in [0.3, 0.4) is 0 Å². The van der Waals surface area contributed by atoms with E-state index in [1.807, 2.05) is 0 Å². The minimum absolute atomic E-state index is 0. The van der Waals surface area contributed by atoms with E-state index in [1.165, 1.54) is 13.8 Å². The summed E-state index contributed by atoms with van der Waals surface area (Å²) in [5, 5.41) is 116. The average Bonchev–Trinajstić information content (AvgIpc) is 1.36. The van der Waals surface area contributed by atoms with Gasteiger partial charge in [-0.05, 0) is 25.0 Å². The molecule has 0 bridgehead atoms. The number of aliphatic carboxylic acids is 2. The number of carbonyl (C=O) groups is 3. The third-order valence-electron chi connectivity index (χ3n) is 14.7. The second kappa shape index (κ2) is 42.5. The van der Waals surface area contributed by atoms with Gasteiger partial charge in [0.05, 0.1) is 56.7 Å². The molecular weight excluding hydrogens is 1460 g/mol. The van der Waals surface area contributed by atoms with Crippen molar-refractivity contribution >= 4 is 93.5 Å². The molecule has 0 aromatic carbocycles. The molecule has 28 atom stereocenters. The Morgan fingerprint density at radius 3 is 1.10 bits per heavy atom. The Hall–Kier alpha value is -1.50. The Morgan fingerprint density at radius 2 is 0.804 bits per heavy atom. The van der Waals surface area contributed by atoms with Gasteiger partial charge in [0, 0.05) is 46.8 Å². The van der Waals surface area contributed by atoms with E-state index in [1.54, 1.807) is 0 Å². The summed E-state index contributed by atoms with van der Waals surface area (Å²) in [6.45, 7) is 4.27. The van der Waals surface area contributed by atoms with Crippen LogP contribution in [0.2, 0.25) is 0 Å². The van der Waals surface area contributed by atoms with Crippen LogP contribution >= 0.6 is 25.3 Å². The number of ether oxygens (including phenoxy) is 12. The number of hydrogen-bond donors (Lipinski definition) is 11. The Bertz CT molecular complexity index is 2870. The third kappa shape index (κ3) is 27.8. The van der Waals surface area contributed by atoms with Crippen molar-refractivity contribution in [2.75, 3.05) is 58.7 Å². The summed E-state index contributed by atoms with van der Waals surface area (Å²) in [4.78, 5) is 35.3. The molecule has 6 rings (SSSR count). The zero-order valence-corrected chi connectivity index (χ0v) is 58.5. The molecule has 51 heteroatoms. The molecule has 559 valence electrons. The number of aldehydes is 1. The van der Waals surface area contributed by atoms with Crippen LogP contribution in [0.4, 0.5) is 0 Å². The van der Waals surface area contributed by atoms with Crippen molar-refractivity contribution in [3.05, 3.63) is 6.57 Å². The smallest absolute Gasteiger partial charge is 0.726 e. The summed E-state index contributed by atoms with van der Waals surface area (Å²) >= 11 is 7.89. The summed E-state index contributed by atoms with van der Waals surface area (Å²) < 4.78 is 213. The Labute approximate surface area is 591 Å². The van der Waals surface area contributed by atoms with Gasteiger partial charge < -0.3 is 158 Å². The normalized spacial score (nSPS) is 38.4. The van der Waals surface area contributed by atoms with Crippen LogP contribution < -0.4 is 45.5 Å². The fraction of sp³-hybridized carbons (Fsp3) is 0.913. The van der Waals surface area contributed by atoms with Crippen molar-refractivity contribution in [2.45, 2.75) is 193 Å². The van der Waals surface area contributed by atoms with E-state index in [0.717, 1.165) is 20.0 Å². The van der Waals surface area contributed by atoms with Crippen LogP contribution in [0.15, 0.2) is 0 Å². The SMILES string of the molecule is CO[C@@H]1C(COS(=O)(=O)[O-])O[C@@H](O[C@@H]2C(C(=O)[O-])O[C@@H](OC3[C@@H](COS(=O)(=O)[O-])O[C@@H](CCCCS)[C@H]3O)C(O)[C@H]2O)C(C)[C@H]1O.CO[C@@H]1C(COS(=O)(=O)[O-])O[C@@H](O[C@@H]2C(C(=O)[O-])O[C@@H](OC3[C@@H](O)[C@H](C=O)O[C@@H]3COS(=O)(=O)[O-])C(O)[C@H]2O)C(C)[C@H]1O.NCCS.[B].[C-]#N.[Na+]. The van der Waals surface area contributed by atoms with Gasteiger partial charge in [-0.25, -0.2) is 33.7 Å². The Balaban J connectivity index is 0.000000881. The number of nitrogens with zero attached hydrogens (tertiary/aromatic N) is 1. The third-order valence-corrected chi connectivity index (χ3v) is 17.0. The number of unbranched alkanes of at least 4 members (excludes halogenated alkanes) is 1. The van der Waals surface area contributed by atoms with Gasteiger partial charge >= 0.3 is 29.6 Å². The van der Waals surface area contributed by atoms with Gasteiger partial charge in [0.15, 0.2) is 31.4 Å². The molecule has 3 radical (unpaired) electrons. The number of rotatable bonds is 30. The zero-order chi connectivity index (χ0) is 72.4. The molecular formula is C46H73BN2NaO41S6-6. The monoisotopic (exact) mass is 1540 g/mol. The summed E-state index contributed by atoms with van der Waals surface area (Å²) in [5.74, 6) is -4.83. The number of carbonyl (C=O) groups excluding carboxylic acids is 3. The fourth-order valence-electron chi connectivity index (χ4n) is 10.1. The molecule has 6 aliphatic heterocycles. The largest absolute Gasteiger partial charge is 1.00 e. The van der Waals surface area contributed by atoms with Gasteiger partial charge in [0.1, 0.15) is 116 Å². The van der Waals surface area contributed by atoms with Gasteiger partial charge in [-0.3, -0.25) is 16.7 Å². The molecule has 10 unspecified atom stereocenters. The summed E-state index contributed by atoms with van der Waals surface area (Å²) in [5.41, 5.74) is 4.95. The van der Waals surface area contributed by atoms with Crippen LogP contribution in [-0.2, 0) is 130 Å². The second-order valence-corrected chi connectivity index (χ2v) is 26.1. The molecule has 0 aromatic rings. The van der Waals surface area contributed by atoms with Crippen LogP contribution in [-0.4, -0.2) is 338 Å². The second-order valence-electron chi connectivity index (χ2n) is 21.0. The van der Waals surface area contributed by atoms with Crippen molar-refractivity contribution in [3.63, 3.8) is 0 Å². The topological polar surface area (TPSA) is 685 Å². The maximum Gasteiger partial charge on any atom is 1.00 e. The summed E-state index contributed by atoms with van der Waals surface area (Å²) in [6.07, 6.45) is -43.8. The first kappa shape index (κ1) is 93.5. The number of hydrogen-bond acceptors (Lipinski definition) is 45. The van der Waals surface area contributed by atoms with Gasteiger partial charge in [0.2, 0.25) is 41.6 Å². The summed E-state index contributed by atoms with van der Waals surface area (Å²) in [7, 11) is -18.6. The van der Waals surface area contributed by atoms with Gasteiger partial charge in [-0.1, -0.05) is 13.8 Å². The van der Waals surface area contributed by atoms with Crippen LogP contribution in [0, 0.1) is 23.7 Å². The molecule has 0 amide bonds. The fourth-order valence-corrected chi connectivity index (χ4v) is 11.5. The number of nitrogens with two attached hydrogens (primary N) is 1. The van der Waals surface area contributed by atoms with Crippen LogP contribution in [0.1, 0.15) is 33.1 Å². The van der Waals surface area contributed by atoms with Crippen molar-refractivity contribution in [1.29, 1.82) is 5.26 Å². The number of methoxy groups -OCH3 is 2. The molecule has 0 spiro atoms. The van der Waals surface area contributed by atoms with E-state index < -0.39 is 251 Å². The van der Waals surface area contributed by atoms with Crippen molar-refractivity contribution < 1.29 is 220 Å². The molecule has 97 heavy (non-hydrogen) atoms.